The zero-order valence-corrected chi connectivity index (χ0v) is 12.6. The van der Waals surface area contributed by atoms with E-state index in [4.69, 9.17) is 4.74 Å². The van der Waals surface area contributed by atoms with Gasteiger partial charge in [-0.1, -0.05) is 12.1 Å². The van der Waals surface area contributed by atoms with Crippen LogP contribution in [-0.2, 0) is 4.74 Å². The Hall–Kier alpha value is -2.63. The molecular weight excluding hydrogens is 280 g/mol. The van der Waals surface area contributed by atoms with Crippen LogP contribution in [0.5, 0.6) is 0 Å². The van der Waals surface area contributed by atoms with Crippen molar-refractivity contribution < 1.29 is 9.53 Å². The molecule has 0 aliphatic heterocycles. The van der Waals surface area contributed by atoms with Gasteiger partial charge in [0.15, 0.2) is 0 Å². The van der Waals surface area contributed by atoms with Crippen LogP contribution in [0.1, 0.15) is 28.9 Å². The van der Waals surface area contributed by atoms with Crippen molar-refractivity contribution in [3.63, 3.8) is 0 Å². The number of nitrogens with one attached hydrogen (secondary N) is 2. The lowest BCUT2D eigenvalue weighted by Gasteiger charge is -2.11. The SMILES string of the molecule is COC(=O)c1ccccc1Nc1nc(C)cc(NC2CC2)n1. The number of carbonyl (C=O) groups excluding carboxylic acids is 1. The molecule has 22 heavy (non-hydrogen) atoms. The second-order valence-corrected chi connectivity index (χ2v) is 5.30. The highest BCUT2D eigenvalue weighted by atomic mass is 16.5. The number of anilines is 3. The van der Waals surface area contributed by atoms with Crippen LogP contribution >= 0.6 is 0 Å². The number of nitrogens with zero attached hydrogens (tertiary/aromatic N) is 2. The third kappa shape index (κ3) is 3.33. The number of ether oxygens (including phenoxy) is 1. The van der Waals surface area contributed by atoms with E-state index in [-0.39, 0.29) is 0 Å². The van der Waals surface area contributed by atoms with E-state index in [9.17, 15) is 4.79 Å². The number of methoxy groups -OCH3 is 1. The molecule has 0 unspecified atom stereocenters. The van der Waals surface area contributed by atoms with Crippen LogP contribution in [0.15, 0.2) is 30.3 Å². The van der Waals surface area contributed by atoms with Crippen molar-refractivity contribution >= 4 is 23.4 Å². The lowest BCUT2D eigenvalue weighted by molar-refractivity contribution is 0.0602. The largest absolute Gasteiger partial charge is 0.465 e. The first kappa shape index (κ1) is 14.3. The van der Waals surface area contributed by atoms with Gasteiger partial charge in [-0.2, -0.15) is 4.98 Å². The van der Waals surface area contributed by atoms with Crippen LogP contribution in [0.4, 0.5) is 17.5 Å². The molecule has 114 valence electrons. The van der Waals surface area contributed by atoms with E-state index in [0.29, 0.717) is 23.2 Å². The van der Waals surface area contributed by atoms with Gasteiger partial charge < -0.3 is 15.4 Å². The quantitative estimate of drug-likeness (QED) is 0.827. The summed E-state index contributed by atoms with van der Waals surface area (Å²) < 4.78 is 4.79. The molecule has 1 aliphatic rings. The zero-order valence-electron chi connectivity index (χ0n) is 12.6. The molecule has 1 aromatic heterocycles. The van der Waals surface area contributed by atoms with Gasteiger partial charge in [-0.05, 0) is 31.9 Å². The molecule has 1 saturated carbocycles. The van der Waals surface area contributed by atoms with Crippen LogP contribution in [0.3, 0.4) is 0 Å². The topological polar surface area (TPSA) is 76.1 Å². The molecule has 1 aromatic carbocycles. The monoisotopic (exact) mass is 298 g/mol. The van der Waals surface area contributed by atoms with Crippen LogP contribution in [0, 0.1) is 6.92 Å². The van der Waals surface area contributed by atoms with Gasteiger partial charge in [0.25, 0.3) is 0 Å². The Morgan fingerprint density at radius 1 is 1.27 bits per heavy atom. The molecule has 3 rings (SSSR count). The Kier molecular flexibility index (Phi) is 3.91. The van der Waals surface area contributed by atoms with Crippen molar-refractivity contribution in [1.82, 2.24) is 9.97 Å². The molecule has 2 aromatic rings. The molecule has 2 N–H and O–H groups in total. The zero-order chi connectivity index (χ0) is 15.5. The maximum atomic E-state index is 11.8. The summed E-state index contributed by atoms with van der Waals surface area (Å²) >= 11 is 0. The summed E-state index contributed by atoms with van der Waals surface area (Å²) in [6, 6.07) is 9.56. The molecule has 1 fully saturated rings. The predicted molar refractivity (Wildman–Crippen MR) is 84.5 cm³/mol. The molecule has 0 saturated heterocycles. The van der Waals surface area contributed by atoms with Crippen molar-refractivity contribution in [2.75, 3.05) is 17.7 Å². The van der Waals surface area contributed by atoms with Crippen LogP contribution in [0.2, 0.25) is 0 Å². The summed E-state index contributed by atoms with van der Waals surface area (Å²) in [6.07, 6.45) is 2.36. The Balaban J connectivity index is 1.86. The highest BCUT2D eigenvalue weighted by Crippen LogP contribution is 2.25. The Labute approximate surface area is 128 Å². The smallest absolute Gasteiger partial charge is 0.339 e. The number of rotatable bonds is 5. The molecule has 1 heterocycles. The van der Waals surface area contributed by atoms with Gasteiger partial charge in [0.05, 0.1) is 18.4 Å². The number of carbonyl (C=O) groups is 1. The summed E-state index contributed by atoms with van der Waals surface area (Å²) in [5, 5.41) is 6.45. The molecule has 1 aliphatic carbocycles. The lowest BCUT2D eigenvalue weighted by Crippen LogP contribution is -2.09. The number of benzene rings is 1. The Morgan fingerprint density at radius 2 is 2.05 bits per heavy atom. The van der Waals surface area contributed by atoms with E-state index >= 15 is 0 Å². The molecule has 0 bridgehead atoms. The molecule has 0 radical (unpaired) electrons. The van der Waals surface area contributed by atoms with Crippen molar-refractivity contribution in [1.29, 1.82) is 0 Å². The van der Waals surface area contributed by atoms with Gasteiger partial charge in [-0.15, -0.1) is 0 Å². The highest BCUT2D eigenvalue weighted by Gasteiger charge is 2.21. The van der Waals surface area contributed by atoms with E-state index in [1.807, 2.05) is 19.1 Å². The molecule has 0 atom stereocenters. The average Bonchev–Trinajstić information content (AvgIpc) is 3.30. The van der Waals surface area contributed by atoms with Crippen LogP contribution < -0.4 is 10.6 Å². The van der Waals surface area contributed by atoms with Crippen molar-refractivity contribution in [2.24, 2.45) is 0 Å². The number of aryl methyl sites for hydroxylation is 1. The van der Waals surface area contributed by atoms with Crippen molar-refractivity contribution in [2.45, 2.75) is 25.8 Å². The van der Waals surface area contributed by atoms with E-state index in [2.05, 4.69) is 20.6 Å². The summed E-state index contributed by atoms with van der Waals surface area (Å²) in [5.41, 5.74) is 1.93. The fourth-order valence-electron chi connectivity index (χ4n) is 2.14. The predicted octanol–water partition coefficient (Wildman–Crippen LogP) is 2.89. The van der Waals surface area contributed by atoms with Crippen molar-refractivity contribution in [3.05, 3.63) is 41.6 Å². The summed E-state index contributed by atoms with van der Waals surface area (Å²) in [6.45, 7) is 1.91. The fraction of sp³-hybridized carbons (Fsp3) is 0.312. The minimum Gasteiger partial charge on any atom is -0.465 e. The third-order valence-electron chi connectivity index (χ3n) is 3.36. The summed E-state index contributed by atoms with van der Waals surface area (Å²) in [7, 11) is 1.36. The minimum atomic E-state index is -0.396. The van der Waals surface area contributed by atoms with E-state index in [0.717, 1.165) is 11.5 Å². The summed E-state index contributed by atoms with van der Waals surface area (Å²) in [5.74, 6) is 0.861. The second kappa shape index (κ2) is 6.01. The molecule has 0 spiro atoms. The number of aromatic nitrogens is 2. The van der Waals surface area contributed by atoms with E-state index < -0.39 is 5.97 Å². The number of hydrogen-bond donors (Lipinski definition) is 2. The van der Waals surface area contributed by atoms with Crippen molar-refractivity contribution in [3.8, 4) is 0 Å². The first-order chi connectivity index (χ1) is 10.7. The number of hydrogen-bond acceptors (Lipinski definition) is 6. The highest BCUT2D eigenvalue weighted by molar-refractivity contribution is 5.96. The van der Waals surface area contributed by atoms with E-state index in [1.165, 1.54) is 20.0 Å². The van der Waals surface area contributed by atoms with Gasteiger partial charge in [-0.25, -0.2) is 9.78 Å². The number of para-hydroxylation sites is 1. The molecule has 6 nitrogen and oxygen atoms in total. The van der Waals surface area contributed by atoms with Gasteiger partial charge >= 0.3 is 5.97 Å². The van der Waals surface area contributed by atoms with Gasteiger partial charge in [-0.3, -0.25) is 0 Å². The Bertz CT molecular complexity index is 698. The van der Waals surface area contributed by atoms with Gasteiger partial charge in [0, 0.05) is 17.8 Å². The van der Waals surface area contributed by atoms with Crippen LogP contribution in [-0.4, -0.2) is 29.1 Å². The summed E-state index contributed by atoms with van der Waals surface area (Å²) in [4.78, 5) is 20.6. The van der Waals surface area contributed by atoms with Gasteiger partial charge in [0.2, 0.25) is 5.95 Å². The van der Waals surface area contributed by atoms with E-state index in [1.54, 1.807) is 18.2 Å². The first-order valence-corrected chi connectivity index (χ1v) is 7.22. The second-order valence-electron chi connectivity index (χ2n) is 5.30. The standard InChI is InChI=1S/C16H18N4O2/c1-10-9-14(18-11-7-8-11)20-16(17-10)19-13-6-4-3-5-12(13)15(21)22-2/h3-6,9,11H,7-8H2,1-2H3,(H2,17,18,19,20). The maximum absolute atomic E-state index is 11.8. The first-order valence-electron chi connectivity index (χ1n) is 7.22. The molecule has 6 heteroatoms. The van der Waals surface area contributed by atoms with Gasteiger partial charge in [0.1, 0.15) is 5.82 Å². The molecular formula is C16H18N4O2. The average molecular weight is 298 g/mol. The minimum absolute atomic E-state index is 0.396. The Morgan fingerprint density at radius 3 is 2.77 bits per heavy atom. The fourth-order valence-corrected chi connectivity index (χ4v) is 2.14. The maximum Gasteiger partial charge on any atom is 0.339 e. The van der Waals surface area contributed by atoms with Crippen LogP contribution in [0.25, 0.3) is 0 Å². The third-order valence-corrected chi connectivity index (χ3v) is 3.36. The lowest BCUT2D eigenvalue weighted by atomic mass is 10.2. The number of esters is 1. The molecule has 0 amide bonds. The normalized spacial score (nSPS) is 13.5.